The van der Waals surface area contributed by atoms with Crippen molar-refractivity contribution in [3.05, 3.63) is 24.3 Å². The number of hydrogen-bond acceptors (Lipinski definition) is 4. The monoisotopic (exact) mass is 397 g/mol. The van der Waals surface area contributed by atoms with Crippen molar-refractivity contribution in [2.75, 3.05) is 13.2 Å². The largest absolute Gasteiger partial charge is 0.392 e. The molecule has 2 aliphatic rings. The average Bonchev–Trinajstić information content (AvgIpc) is 2.86. The summed E-state index contributed by atoms with van der Waals surface area (Å²) >= 11 is 17.1. The fraction of sp³-hybridized carbons (Fsp3) is 0.688. The van der Waals surface area contributed by atoms with E-state index in [1.807, 2.05) is 19.9 Å². The lowest BCUT2D eigenvalue weighted by Gasteiger charge is -2.44. The second-order valence-corrected chi connectivity index (χ2v) is 8.88. The molecule has 0 aromatic heterocycles. The number of aliphatic hydroxyl groups excluding tert-OH is 1. The first-order valence-corrected chi connectivity index (χ1v) is 8.80. The van der Waals surface area contributed by atoms with Gasteiger partial charge in [-0.1, -0.05) is 47.0 Å². The van der Waals surface area contributed by atoms with Crippen LogP contribution in [0.25, 0.3) is 0 Å². The molecule has 1 amide bonds. The third-order valence-corrected chi connectivity index (χ3v) is 5.04. The number of rotatable bonds is 4. The van der Waals surface area contributed by atoms with Crippen molar-refractivity contribution >= 4 is 40.7 Å². The molecule has 0 unspecified atom stereocenters. The summed E-state index contributed by atoms with van der Waals surface area (Å²) in [6, 6.07) is 0. The van der Waals surface area contributed by atoms with E-state index in [-0.39, 0.29) is 18.6 Å². The zero-order chi connectivity index (χ0) is 18.2. The summed E-state index contributed by atoms with van der Waals surface area (Å²) in [5.41, 5.74) is 0.0163. The molecular weight excluding hydrogens is 377 g/mol. The summed E-state index contributed by atoms with van der Waals surface area (Å²) in [6.07, 6.45) is 4.17. The minimum Gasteiger partial charge on any atom is -0.392 e. The summed E-state index contributed by atoms with van der Waals surface area (Å²) in [5.74, 6) is -1.64. The van der Waals surface area contributed by atoms with Crippen LogP contribution in [0.5, 0.6) is 0 Å². The molecule has 2 rings (SSSR count). The fourth-order valence-electron chi connectivity index (χ4n) is 3.23. The van der Waals surface area contributed by atoms with Crippen LogP contribution in [0, 0.1) is 5.92 Å². The summed E-state index contributed by atoms with van der Waals surface area (Å²) in [4.78, 5) is 12.2. The van der Waals surface area contributed by atoms with Crippen LogP contribution in [-0.4, -0.2) is 45.5 Å². The number of carbonyl (C=O) groups excluding carboxylic acids is 1. The molecule has 0 bridgehead atoms. The average molecular weight is 399 g/mol. The third-order valence-electron chi connectivity index (χ3n) is 4.52. The van der Waals surface area contributed by atoms with Gasteiger partial charge in [0.2, 0.25) is 0 Å². The Morgan fingerprint density at radius 1 is 1.54 bits per heavy atom. The van der Waals surface area contributed by atoms with Gasteiger partial charge in [0.05, 0.1) is 24.9 Å². The molecule has 1 aliphatic carbocycles. The van der Waals surface area contributed by atoms with Crippen LogP contribution in [-0.2, 0) is 14.3 Å². The van der Waals surface area contributed by atoms with Crippen molar-refractivity contribution in [1.82, 2.24) is 5.32 Å². The van der Waals surface area contributed by atoms with Crippen molar-refractivity contribution in [2.24, 2.45) is 5.92 Å². The first-order chi connectivity index (χ1) is 11.0. The van der Waals surface area contributed by atoms with Gasteiger partial charge in [-0.2, -0.15) is 0 Å². The first-order valence-electron chi connectivity index (χ1n) is 7.66. The second kappa shape index (κ2) is 7.14. The number of nitrogens with one attached hydrogen (secondary N) is 1. The quantitative estimate of drug-likeness (QED) is 0.564. The van der Waals surface area contributed by atoms with Crippen LogP contribution in [0.2, 0.25) is 0 Å². The highest BCUT2D eigenvalue weighted by atomic mass is 35.6. The van der Waals surface area contributed by atoms with Gasteiger partial charge in [-0.25, -0.2) is 0 Å². The maximum Gasteiger partial charge on any atom is 0.272 e. The molecule has 1 heterocycles. The van der Waals surface area contributed by atoms with E-state index in [0.29, 0.717) is 19.4 Å². The van der Waals surface area contributed by atoms with E-state index in [4.69, 9.17) is 44.3 Å². The maximum atomic E-state index is 12.2. The number of aliphatic hydroxyl groups is 1. The molecule has 0 aromatic carbocycles. The molecule has 0 radical (unpaired) electrons. The molecule has 0 saturated carbocycles. The van der Waals surface area contributed by atoms with Gasteiger partial charge < -0.3 is 19.9 Å². The highest BCUT2D eigenvalue weighted by Crippen LogP contribution is 2.42. The zero-order valence-electron chi connectivity index (χ0n) is 13.7. The number of carbonyl (C=O) groups is 1. The normalized spacial score (nSPS) is 33.0. The smallest absolute Gasteiger partial charge is 0.272 e. The van der Waals surface area contributed by atoms with Gasteiger partial charge in [-0.15, -0.1) is 6.58 Å². The Bertz CT molecular complexity index is 544. The number of hydrogen-bond donors (Lipinski definition) is 2. The molecular formula is C16H22Cl3NO4. The Hall–Kier alpha value is -0.300. The molecule has 24 heavy (non-hydrogen) atoms. The number of alkyl halides is 3. The predicted octanol–water partition coefficient (Wildman–Crippen LogP) is 2.88. The zero-order valence-corrected chi connectivity index (χ0v) is 15.9. The number of ether oxygens (including phenoxy) is 2. The predicted molar refractivity (Wildman–Crippen MR) is 94.2 cm³/mol. The highest BCUT2D eigenvalue weighted by Gasteiger charge is 2.50. The summed E-state index contributed by atoms with van der Waals surface area (Å²) in [5, 5.41) is 12.3. The molecule has 0 spiro atoms. The maximum absolute atomic E-state index is 12.2. The molecule has 136 valence electrons. The molecule has 1 saturated heterocycles. The van der Waals surface area contributed by atoms with Crippen LogP contribution in [0.15, 0.2) is 24.3 Å². The Morgan fingerprint density at radius 3 is 2.67 bits per heavy atom. The van der Waals surface area contributed by atoms with Gasteiger partial charge in [-0.05, 0) is 32.3 Å². The van der Waals surface area contributed by atoms with Crippen LogP contribution in [0.3, 0.4) is 0 Å². The molecule has 2 N–H and O–H groups in total. The van der Waals surface area contributed by atoms with E-state index in [0.717, 1.165) is 5.57 Å². The first kappa shape index (κ1) is 20.0. The van der Waals surface area contributed by atoms with E-state index in [2.05, 4.69) is 11.9 Å². The van der Waals surface area contributed by atoms with Crippen molar-refractivity contribution in [1.29, 1.82) is 0 Å². The van der Waals surface area contributed by atoms with Crippen molar-refractivity contribution < 1.29 is 19.4 Å². The minimum absolute atomic E-state index is 0.0565. The summed E-state index contributed by atoms with van der Waals surface area (Å²) in [6.45, 7) is 7.84. The van der Waals surface area contributed by atoms with Crippen LogP contribution >= 0.6 is 34.8 Å². The lowest BCUT2D eigenvalue weighted by Crippen LogP contribution is -2.59. The second-order valence-electron chi connectivity index (χ2n) is 6.60. The van der Waals surface area contributed by atoms with E-state index in [1.54, 1.807) is 6.08 Å². The Morgan fingerprint density at radius 2 is 2.21 bits per heavy atom. The third kappa shape index (κ3) is 4.26. The van der Waals surface area contributed by atoms with Gasteiger partial charge in [0.1, 0.15) is 0 Å². The van der Waals surface area contributed by atoms with E-state index in [9.17, 15) is 9.90 Å². The lowest BCUT2D eigenvalue weighted by atomic mass is 9.70. The molecule has 3 atom stereocenters. The Balaban J connectivity index is 2.33. The van der Waals surface area contributed by atoms with Crippen LogP contribution in [0.1, 0.15) is 26.7 Å². The van der Waals surface area contributed by atoms with E-state index < -0.39 is 21.0 Å². The van der Waals surface area contributed by atoms with E-state index >= 15 is 0 Å². The minimum atomic E-state index is -2.08. The van der Waals surface area contributed by atoms with E-state index in [1.165, 1.54) is 0 Å². The van der Waals surface area contributed by atoms with Crippen molar-refractivity contribution in [3.8, 4) is 0 Å². The Kier molecular flexibility index (Phi) is 5.95. The van der Waals surface area contributed by atoms with Gasteiger partial charge in [0.25, 0.3) is 9.70 Å². The molecule has 1 aliphatic heterocycles. The number of halogens is 3. The Labute approximate surface area is 156 Å². The van der Waals surface area contributed by atoms with Gasteiger partial charge in [0.15, 0.2) is 5.79 Å². The van der Waals surface area contributed by atoms with Crippen LogP contribution in [0.4, 0.5) is 0 Å². The topological polar surface area (TPSA) is 67.8 Å². The molecule has 0 aromatic rings. The molecule has 1 fully saturated rings. The number of amides is 1. The van der Waals surface area contributed by atoms with Gasteiger partial charge in [-0.3, -0.25) is 4.79 Å². The van der Waals surface area contributed by atoms with Crippen molar-refractivity contribution in [3.63, 3.8) is 0 Å². The highest BCUT2D eigenvalue weighted by molar-refractivity contribution is 6.76. The SMILES string of the molecule is C=C[C@]1(NC(=O)C(Cl)(Cl)Cl)CC=C(CO)C[C@@H]1[C@H]1COC(C)(C)O1. The summed E-state index contributed by atoms with van der Waals surface area (Å²) < 4.78 is 9.56. The van der Waals surface area contributed by atoms with Crippen molar-refractivity contribution in [2.45, 2.75) is 47.9 Å². The molecule has 8 heteroatoms. The van der Waals surface area contributed by atoms with Crippen LogP contribution < -0.4 is 5.32 Å². The standard InChI is InChI=1S/C16H22Cl3NO4/c1-4-15(20-13(22)16(17,18)19)6-5-10(8-21)7-11(15)12-9-23-14(2,3)24-12/h4-5,11-12,21H,1,6-9H2,2-3H3,(H,20,22)/t11-,12-,15+/m1/s1. The van der Waals surface area contributed by atoms with Gasteiger partial charge in [0, 0.05) is 5.92 Å². The summed E-state index contributed by atoms with van der Waals surface area (Å²) in [7, 11) is 0. The lowest BCUT2D eigenvalue weighted by molar-refractivity contribution is -0.148. The molecule has 5 nitrogen and oxygen atoms in total. The van der Waals surface area contributed by atoms with Gasteiger partial charge >= 0.3 is 0 Å². The fourth-order valence-corrected chi connectivity index (χ4v) is 3.37.